The number of hydrogen-bond donors (Lipinski definition) is 2. The molecule has 0 aromatic heterocycles. The zero-order valence-electron chi connectivity index (χ0n) is 5.28. The molecule has 2 nitrogen and oxygen atoms in total. The monoisotopic (exact) mass is 113 g/mol. The Balaban J connectivity index is 2.23. The highest BCUT2D eigenvalue weighted by Gasteiger charge is 2.11. The second kappa shape index (κ2) is 2.46. The van der Waals surface area contributed by atoms with E-state index in [2.05, 4.69) is 24.5 Å². The van der Waals surface area contributed by atoms with E-state index in [4.69, 9.17) is 0 Å². The Morgan fingerprint density at radius 3 is 2.62 bits per heavy atom. The minimum absolute atomic E-state index is 0.402. The fourth-order valence-corrected chi connectivity index (χ4v) is 0.994. The van der Waals surface area contributed by atoms with Crippen molar-refractivity contribution in [3.63, 3.8) is 0 Å². The van der Waals surface area contributed by atoms with Crippen molar-refractivity contribution in [2.24, 2.45) is 0 Å². The van der Waals surface area contributed by atoms with E-state index in [9.17, 15) is 0 Å². The van der Waals surface area contributed by atoms with Crippen LogP contribution in [-0.4, -0.2) is 25.2 Å². The van der Waals surface area contributed by atoms with Crippen LogP contribution in [0.3, 0.4) is 0 Å². The molecule has 0 amide bonds. The van der Waals surface area contributed by atoms with Crippen molar-refractivity contribution in [2.75, 3.05) is 13.1 Å². The number of hydrogen-bond acceptors (Lipinski definition) is 2. The van der Waals surface area contributed by atoms with Crippen molar-refractivity contribution in [2.45, 2.75) is 19.0 Å². The van der Waals surface area contributed by atoms with Crippen LogP contribution in [0.5, 0.6) is 0 Å². The van der Waals surface area contributed by atoms with Crippen LogP contribution in [0.2, 0.25) is 0 Å². The summed E-state index contributed by atoms with van der Waals surface area (Å²) < 4.78 is 0. The first-order chi connectivity index (χ1) is 3.79. The van der Waals surface area contributed by atoms with E-state index < -0.39 is 0 Å². The van der Waals surface area contributed by atoms with Crippen molar-refractivity contribution in [3.8, 4) is 0 Å². The molecule has 1 aliphatic rings. The first-order valence-electron chi connectivity index (χ1n) is 3.09. The molecule has 2 N–H and O–H groups in total. The smallest absolute Gasteiger partial charge is 0.0196 e. The van der Waals surface area contributed by atoms with Crippen LogP contribution in [0, 0.1) is 6.92 Å². The van der Waals surface area contributed by atoms with E-state index in [0.29, 0.717) is 12.1 Å². The Kier molecular flexibility index (Phi) is 1.86. The average molecular weight is 113 g/mol. The summed E-state index contributed by atoms with van der Waals surface area (Å²) in [5.41, 5.74) is 0. The van der Waals surface area contributed by atoms with Gasteiger partial charge in [-0.1, -0.05) is 0 Å². The third-order valence-corrected chi connectivity index (χ3v) is 1.36. The van der Waals surface area contributed by atoms with Gasteiger partial charge >= 0.3 is 0 Å². The normalized spacial score (nSPS) is 39.8. The summed E-state index contributed by atoms with van der Waals surface area (Å²) in [4.78, 5) is 0. The summed E-state index contributed by atoms with van der Waals surface area (Å²) in [5.74, 6) is 0. The van der Waals surface area contributed by atoms with E-state index in [0.717, 1.165) is 13.1 Å². The second-order valence-corrected chi connectivity index (χ2v) is 2.42. The quantitative estimate of drug-likeness (QED) is 0.453. The molecule has 47 valence electrons. The van der Waals surface area contributed by atoms with Crippen LogP contribution in [0.1, 0.15) is 6.92 Å². The van der Waals surface area contributed by atoms with Crippen molar-refractivity contribution in [3.05, 3.63) is 6.92 Å². The van der Waals surface area contributed by atoms with E-state index in [1.165, 1.54) is 0 Å². The molecule has 1 heterocycles. The predicted molar refractivity (Wildman–Crippen MR) is 34.6 cm³/mol. The van der Waals surface area contributed by atoms with Gasteiger partial charge in [-0.25, -0.2) is 0 Å². The van der Waals surface area contributed by atoms with Gasteiger partial charge in [0.2, 0.25) is 0 Å². The SMILES string of the molecule is [CH2]C1CNCC(C)N1. The fourth-order valence-electron chi connectivity index (χ4n) is 0.994. The molecule has 1 aliphatic heterocycles. The molecule has 0 saturated carbocycles. The Labute approximate surface area is 50.7 Å². The van der Waals surface area contributed by atoms with Crippen LogP contribution >= 0.6 is 0 Å². The van der Waals surface area contributed by atoms with Gasteiger partial charge < -0.3 is 10.6 Å². The third kappa shape index (κ3) is 1.46. The van der Waals surface area contributed by atoms with Crippen LogP contribution < -0.4 is 10.6 Å². The molecule has 0 spiro atoms. The number of nitrogens with one attached hydrogen (secondary N) is 2. The molecular weight excluding hydrogens is 100 g/mol. The number of piperazine rings is 1. The molecule has 2 unspecified atom stereocenters. The van der Waals surface area contributed by atoms with Crippen LogP contribution in [0.25, 0.3) is 0 Å². The molecule has 1 radical (unpaired) electrons. The lowest BCUT2D eigenvalue weighted by Crippen LogP contribution is -2.52. The summed E-state index contributed by atoms with van der Waals surface area (Å²) in [6.45, 7) is 8.11. The Morgan fingerprint density at radius 2 is 2.25 bits per heavy atom. The summed E-state index contributed by atoms with van der Waals surface area (Å²) in [6.07, 6.45) is 0. The highest BCUT2D eigenvalue weighted by atomic mass is 15.1. The van der Waals surface area contributed by atoms with E-state index in [1.54, 1.807) is 0 Å². The van der Waals surface area contributed by atoms with Gasteiger partial charge in [0, 0.05) is 25.2 Å². The van der Waals surface area contributed by atoms with E-state index in [1.807, 2.05) is 0 Å². The minimum Gasteiger partial charge on any atom is -0.314 e. The molecule has 2 heteroatoms. The lowest BCUT2D eigenvalue weighted by atomic mass is 10.2. The first-order valence-corrected chi connectivity index (χ1v) is 3.09. The van der Waals surface area contributed by atoms with Crippen LogP contribution in [0.4, 0.5) is 0 Å². The van der Waals surface area contributed by atoms with Gasteiger partial charge in [-0.15, -0.1) is 0 Å². The maximum absolute atomic E-state index is 3.87. The molecule has 1 rings (SSSR count). The maximum Gasteiger partial charge on any atom is 0.0196 e. The summed E-state index contributed by atoms with van der Waals surface area (Å²) in [6, 6.07) is 0.991. The van der Waals surface area contributed by atoms with Gasteiger partial charge in [0.1, 0.15) is 0 Å². The number of rotatable bonds is 0. The molecule has 8 heavy (non-hydrogen) atoms. The topological polar surface area (TPSA) is 24.1 Å². The second-order valence-electron chi connectivity index (χ2n) is 2.42. The Bertz CT molecular complexity index is 64.9. The van der Waals surface area contributed by atoms with Gasteiger partial charge in [0.05, 0.1) is 0 Å². The van der Waals surface area contributed by atoms with Crippen molar-refractivity contribution in [1.82, 2.24) is 10.6 Å². The van der Waals surface area contributed by atoms with E-state index in [-0.39, 0.29) is 0 Å². The van der Waals surface area contributed by atoms with Crippen molar-refractivity contribution >= 4 is 0 Å². The molecular formula is C6H13N2. The summed E-state index contributed by atoms with van der Waals surface area (Å²) in [7, 11) is 0. The fraction of sp³-hybridized carbons (Fsp3) is 0.833. The molecule has 0 aromatic rings. The standard InChI is InChI=1S/C6H13N2/c1-5-3-7-4-6(2)8-5/h5-8H,1,3-4H2,2H3. The third-order valence-electron chi connectivity index (χ3n) is 1.36. The van der Waals surface area contributed by atoms with Crippen LogP contribution in [-0.2, 0) is 0 Å². The molecule has 0 bridgehead atoms. The lowest BCUT2D eigenvalue weighted by molar-refractivity contribution is 0.391. The average Bonchev–Trinajstić information content (AvgIpc) is 1.64. The highest BCUT2D eigenvalue weighted by molar-refractivity contribution is 4.81. The molecule has 1 saturated heterocycles. The molecule has 0 aliphatic carbocycles. The van der Waals surface area contributed by atoms with Gasteiger partial charge in [-0.05, 0) is 13.8 Å². The Hall–Kier alpha value is -0.0800. The van der Waals surface area contributed by atoms with Gasteiger partial charge in [0.15, 0.2) is 0 Å². The van der Waals surface area contributed by atoms with Crippen molar-refractivity contribution in [1.29, 1.82) is 0 Å². The lowest BCUT2D eigenvalue weighted by Gasteiger charge is -2.26. The van der Waals surface area contributed by atoms with E-state index >= 15 is 0 Å². The zero-order chi connectivity index (χ0) is 5.98. The minimum atomic E-state index is 0.402. The predicted octanol–water partition coefficient (Wildman–Crippen LogP) is -0.230. The van der Waals surface area contributed by atoms with Gasteiger partial charge in [0.25, 0.3) is 0 Å². The summed E-state index contributed by atoms with van der Waals surface area (Å²) >= 11 is 0. The van der Waals surface area contributed by atoms with Crippen LogP contribution in [0.15, 0.2) is 0 Å². The molecule has 0 aromatic carbocycles. The molecule has 2 atom stereocenters. The molecule has 1 fully saturated rings. The van der Waals surface area contributed by atoms with Crippen molar-refractivity contribution < 1.29 is 0 Å². The Morgan fingerprint density at radius 1 is 1.50 bits per heavy atom. The summed E-state index contributed by atoms with van der Waals surface area (Å²) in [5, 5.41) is 6.56. The van der Waals surface area contributed by atoms with Gasteiger partial charge in [-0.2, -0.15) is 0 Å². The van der Waals surface area contributed by atoms with Gasteiger partial charge in [-0.3, -0.25) is 0 Å². The largest absolute Gasteiger partial charge is 0.314 e. The highest BCUT2D eigenvalue weighted by Crippen LogP contribution is 1.89. The zero-order valence-corrected chi connectivity index (χ0v) is 5.28. The maximum atomic E-state index is 3.87. The first kappa shape index (κ1) is 6.05.